The van der Waals surface area contributed by atoms with Crippen molar-refractivity contribution in [3.8, 4) is 5.69 Å². The summed E-state index contributed by atoms with van der Waals surface area (Å²) in [7, 11) is 3.64. The lowest BCUT2D eigenvalue weighted by molar-refractivity contribution is -0.114. The average Bonchev–Trinajstić information content (AvgIpc) is 2.86. The van der Waals surface area contributed by atoms with E-state index in [-0.39, 0.29) is 18.0 Å². The number of likely N-dealkylation sites (N-methyl/N-ethyl adjacent to an activating group) is 1. The molecule has 1 N–H and O–H groups in total. The summed E-state index contributed by atoms with van der Waals surface area (Å²) in [6.45, 7) is 1.97. The standard InChI is InChI=1S/C20H22N4O2/c1-15-19(20(26)24(23(15)3)17-12-8-5-9-13-17)21-18(25)14-22(2)16-10-6-4-7-11-16/h4-13H,14H2,1-3H3,(H,21,25). The number of nitrogens with one attached hydrogen (secondary N) is 1. The van der Waals surface area contributed by atoms with E-state index in [2.05, 4.69) is 5.32 Å². The van der Waals surface area contributed by atoms with Gasteiger partial charge < -0.3 is 10.2 Å². The molecule has 3 aromatic rings. The predicted octanol–water partition coefficient (Wildman–Crippen LogP) is 2.56. The Morgan fingerprint density at radius 3 is 2.23 bits per heavy atom. The van der Waals surface area contributed by atoms with Gasteiger partial charge in [0.25, 0.3) is 5.56 Å². The fourth-order valence-corrected chi connectivity index (χ4v) is 2.88. The first kappa shape index (κ1) is 17.5. The lowest BCUT2D eigenvalue weighted by Gasteiger charge is -2.18. The van der Waals surface area contributed by atoms with E-state index in [1.807, 2.05) is 79.5 Å². The fraction of sp³-hybridized carbons (Fsp3) is 0.200. The molecule has 6 heteroatoms. The van der Waals surface area contributed by atoms with Crippen LogP contribution in [-0.4, -0.2) is 28.9 Å². The van der Waals surface area contributed by atoms with Crippen LogP contribution in [0.4, 0.5) is 11.4 Å². The summed E-state index contributed by atoms with van der Waals surface area (Å²) in [5, 5.41) is 2.78. The van der Waals surface area contributed by atoms with Crippen LogP contribution in [0, 0.1) is 6.92 Å². The monoisotopic (exact) mass is 350 g/mol. The van der Waals surface area contributed by atoms with Crippen LogP contribution in [0.15, 0.2) is 65.5 Å². The number of benzene rings is 2. The van der Waals surface area contributed by atoms with Gasteiger partial charge >= 0.3 is 0 Å². The maximum atomic E-state index is 12.8. The molecule has 6 nitrogen and oxygen atoms in total. The molecule has 1 aromatic heterocycles. The number of hydrogen-bond acceptors (Lipinski definition) is 3. The van der Waals surface area contributed by atoms with Crippen LogP contribution < -0.4 is 15.8 Å². The Bertz CT molecular complexity index is 959. The summed E-state index contributed by atoms with van der Waals surface area (Å²) in [5.74, 6) is -0.234. The number of nitrogens with zero attached hydrogens (tertiary/aromatic N) is 3. The third-order valence-electron chi connectivity index (χ3n) is 4.40. The summed E-state index contributed by atoms with van der Waals surface area (Å²) < 4.78 is 3.29. The number of carbonyl (C=O) groups excluding carboxylic acids is 1. The second-order valence-electron chi connectivity index (χ2n) is 6.18. The molecule has 0 bridgehead atoms. The summed E-state index contributed by atoms with van der Waals surface area (Å²) in [5.41, 5.74) is 2.46. The molecule has 0 aliphatic rings. The van der Waals surface area contributed by atoms with E-state index in [0.29, 0.717) is 11.4 Å². The molecule has 134 valence electrons. The lowest BCUT2D eigenvalue weighted by Crippen LogP contribution is -2.31. The minimum atomic E-state index is -0.244. The van der Waals surface area contributed by atoms with Gasteiger partial charge in [-0.25, -0.2) is 4.68 Å². The minimum Gasteiger partial charge on any atom is -0.365 e. The normalized spacial score (nSPS) is 10.6. The molecule has 0 aliphatic carbocycles. The molecule has 0 aliphatic heterocycles. The zero-order valence-corrected chi connectivity index (χ0v) is 15.1. The number of aromatic nitrogens is 2. The largest absolute Gasteiger partial charge is 0.365 e. The van der Waals surface area contributed by atoms with Crippen LogP contribution in [0.3, 0.4) is 0 Å². The minimum absolute atomic E-state index is 0.156. The third-order valence-corrected chi connectivity index (χ3v) is 4.40. The summed E-state index contributed by atoms with van der Waals surface area (Å²) in [6, 6.07) is 19.0. The van der Waals surface area contributed by atoms with Gasteiger partial charge in [-0.2, -0.15) is 0 Å². The first-order valence-corrected chi connectivity index (χ1v) is 8.39. The molecular formula is C20H22N4O2. The van der Waals surface area contributed by atoms with Gasteiger partial charge in [-0.15, -0.1) is 0 Å². The van der Waals surface area contributed by atoms with Crippen molar-refractivity contribution in [2.75, 3.05) is 23.8 Å². The van der Waals surface area contributed by atoms with Crippen LogP contribution in [0.2, 0.25) is 0 Å². The molecule has 0 spiro atoms. The molecule has 3 rings (SSSR count). The highest BCUT2D eigenvalue weighted by atomic mass is 16.2. The Balaban J connectivity index is 1.82. The number of carbonyl (C=O) groups is 1. The lowest BCUT2D eigenvalue weighted by atomic mass is 10.3. The first-order valence-electron chi connectivity index (χ1n) is 8.39. The van der Waals surface area contributed by atoms with Gasteiger partial charge in [-0.05, 0) is 31.2 Å². The van der Waals surface area contributed by atoms with Gasteiger partial charge in [0.1, 0.15) is 5.69 Å². The van der Waals surface area contributed by atoms with Crippen molar-refractivity contribution >= 4 is 17.3 Å². The average molecular weight is 350 g/mol. The van der Waals surface area contributed by atoms with E-state index in [1.165, 1.54) is 0 Å². The highest BCUT2D eigenvalue weighted by molar-refractivity contribution is 5.94. The van der Waals surface area contributed by atoms with E-state index < -0.39 is 0 Å². The van der Waals surface area contributed by atoms with Gasteiger partial charge in [0.05, 0.1) is 17.9 Å². The second-order valence-corrected chi connectivity index (χ2v) is 6.18. The Kier molecular flexibility index (Phi) is 4.93. The Labute approximate surface area is 152 Å². The summed E-state index contributed by atoms with van der Waals surface area (Å²) >= 11 is 0. The van der Waals surface area contributed by atoms with Gasteiger partial charge in [0.15, 0.2) is 0 Å². The SMILES string of the molecule is Cc1c(NC(=O)CN(C)c2ccccc2)c(=O)n(-c2ccccc2)n1C. The van der Waals surface area contributed by atoms with Crippen LogP contribution >= 0.6 is 0 Å². The Hall–Kier alpha value is -3.28. The van der Waals surface area contributed by atoms with E-state index in [1.54, 1.807) is 16.4 Å². The van der Waals surface area contributed by atoms with Crippen LogP contribution in [-0.2, 0) is 11.8 Å². The zero-order chi connectivity index (χ0) is 18.7. The molecule has 1 amide bonds. The van der Waals surface area contributed by atoms with Crippen molar-refractivity contribution in [2.45, 2.75) is 6.92 Å². The topological polar surface area (TPSA) is 59.3 Å². The van der Waals surface area contributed by atoms with Gasteiger partial charge in [0.2, 0.25) is 5.91 Å². The van der Waals surface area contributed by atoms with Crippen LogP contribution in [0.25, 0.3) is 5.69 Å². The van der Waals surface area contributed by atoms with E-state index in [0.717, 1.165) is 11.4 Å². The molecule has 1 heterocycles. The van der Waals surface area contributed by atoms with Crippen molar-refractivity contribution in [3.05, 3.63) is 76.7 Å². The number of hydrogen-bond donors (Lipinski definition) is 1. The molecule has 0 atom stereocenters. The van der Waals surface area contributed by atoms with E-state index in [9.17, 15) is 9.59 Å². The number of para-hydroxylation sites is 2. The molecule has 0 saturated carbocycles. The quantitative estimate of drug-likeness (QED) is 0.769. The van der Waals surface area contributed by atoms with E-state index in [4.69, 9.17) is 0 Å². The van der Waals surface area contributed by atoms with E-state index >= 15 is 0 Å². The molecule has 26 heavy (non-hydrogen) atoms. The van der Waals surface area contributed by atoms with Crippen LogP contribution in [0.1, 0.15) is 5.69 Å². The summed E-state index contributed by atoms with van der Waals surface area (Å²) in [6.07, 6.45) is 0. The molecule has 0 fully saturated rings. The Morgan fingerprint density at radius 2 is 1.62 bits per heavy atom. The van der Waals surface area contributed by atoms with Crippen molar-refractivity contribution in [1.29, 1.82) is 0 Å². The van der Waals surface area contributed by atoms with Crippen molar-refractivity contribution in [1.82, 2.24) is 9.36 Å². The smallest absolute Gasteiger partial charge is 0.295 e. The summed E-state index contributed by atoms with van der Waals surface area (Å²) in [4.78, 5) is 27.1. The highest BCUT2D eigenvalue weighted by Crippen LogP contribution is 2.15. The third kappa shape index (κ3) is 3.39. The number of anilines is 2. The molecule has 0 unspecified atom stereocenters. The molecule has 0 radical (unpaired) electrons. The van der Waals surface area contributed by atoms with Gasteiger partial charge in [0, 0.05) is 19.8 Å². The molecule has 0 saturated heterocycles. The second kappa shape index (κ2) is 7.31. The maximum Gasteiger partial charge on any atom is 0.295 e. The first-order chi connectivity index (χ1) is 12.5. The van der Waals surface area contributed by atoms with Crippen molar-refractivity contribution in [2.24, 2.45) is 7.05 Å². The maximum absolute atomic E-state index is 12.8. The molecule has 2 aromatic carbocycles. The predicted molar refractivity (Wildman–Crippen MR) is 104 cm³/mol. The Morgan fingerprint density at radius 1 is 1.04 bits per heavy atom. The zero-order valence-electron chi connectivity index (χ0n) is 15.1. The van der Waals surface area contributed by atoms with Crippen molar-refractivity contribution in [3.63, 3.8) is 0 Å². The van der Waals surface area contributed by atoms with Crippen molar-refractivity contribution < 1.29 is 4.79 Å². The van der Waals surface area contributed by atoms with Crippen LogP contribution in [0.5, 0.6) is 0 Å². The van der Waals surface area contributed by atoms with Gasteiger partial charge in [-0.3, -0.25) is 14.3 Å². The fourth-order valence-electron chi connectivity index (χ4n) is 2.88. The number of amides is 1. The molecular weight excluding hydrogens is 328 g/mol. The highest BCUT2D eigenvalue weighted by Gasteiger charge is 2.18. The van der Waals surface area contributed by atoms with Gasteiger partial charge in [-0.1, -0.05) is 36.4 Å². The number of rotatable bonds is 5.